The molecule has 2 aromatic carbocycles. The molecule has 2 aromatic rings. The van der Waals surface area contributed by atoms with E-state index in [0.717, 1.165) is 16.5 Å². The zero-order chi connectivity index (χ0) is 15.2. The highest BCUT2D eigenvalue weighted by molar-refractivity contribution is 5.93. The van der Waals surface area contributed by atoms with Gasteiger partial charge in [0.05, 0.1) is 0 Å². The second-order valence-electron chi connectivity index (χ2n) is 4.94. The van der Waals surface area contributed by atoms with Gasteiger partial charge in [-0.05, 0) is 18.4 Å². The van der Waals surface area contributed by atoms with Gasteiger partial charge in [0.25, 0.3) is 0 Å². The third kappa shape index (κ3) is 4.07. The maximum absolute atomic E-state index is 11.2. The summed E-state index contributed by atoms with van der Waals surface area (Å²) in [7, 11) is 0. The van der Waals surface area contributed by atoms with E-state index in [4.69, 9.17) is 4.74 Å². The van der Waals surface area contributed by atoms with Crippen LogP contribution in [0.15, 0.2) is 54.6 Å². The number of anilines is 1. The lowest BCUT2D eigenvalue weighted by molar-refractivity contribution is -0.141. The lowest BCUT2D eigenvalue weighted by Gasteiger charge is -2.14. The summed E-state index contributed by atoms with van der Waals surface area (Å²) in [5.74, 6) is -0.487. The lowest BCUT2D eigenvalue weighted by atomic mass is 10.1. The quantitative estimate of drug-likeness (QED) is 0.633. The van der Waals surface area contributed by atoms with Crippen molar-refractivity contribution >= 4 is 22.4 Å². The number of esters is 1. The van der Waals surface area contributed by atoms with Gasteiger partial charge in [-0.15, -0.1) is 0 Å². The van der Waals surface area contributed by atoms with Crippen LogP contribution in [-0.2, 0) is 9.53 Å². The Kier molecular flexibility index (Phi) is 4.95. The van der Waals surface area contributed by atoms with Crippen LogP contribution in [-0.4, -0.2) is 30.3 Å². The first-order valence-corrected chi connectivity index (χ1v) is 6.80. The van der Waals surface area contributed by atoms with Gasteiger partial charge in [-0.25, -0.2) is 4.79 Å². The van der Waals surface area contributed by atoms with Crippen LogP contribution in [0.3, 0.4) is 0 Å². The average molecular weight is 285 g/mol. The predicted molar refractivity (Wildman–Crippen MR) is 84.2 cm³/mol. The van der Waals surface area contributed by atoms with Crippen molar-refractivity contribution in [1.82, 2.24) is 0 Å². The van der Waals surface area contributed by atoms with Crippen molar-refractivity contribution in [2.45, 2.75) is 13.0 Å². The van der Waals surface area contributed by atoms with Gasteiger partial charge in [0.2, 0.25) is 0 Å². The molecule has 0 fully saturated rings. The van der Waals surface area contributed by atoms with Crippen molar-refractivity contribution in [1.29, 1.82) is 0 Å². The molecule has 0 amide bonds. The fourth-order valence-corrected chi connectivity index (χ4v) is 1.96. The molecule has 21 heavy (non-hydrogen) atoms. The summed E-state index contributed by atoms with van der Waals surface area (Å²) in [5, 5.41) is 15.2. The van der Waals surface area contributed by atoms with E-state index in [1.807, 2.05) is 42.5 Å². The summed E-state index contributed by atoms with van der Waals surface area (Å²) >= 11 is 0. The molecule has 0 radical (unpaired) electrons. The number of aliphatic hydroxyl groups is 1. The maximum atomic E-state index is 11.2. The van der Waals surface area contributed by atoms with E-state index in [-0.39, 0.29) is 6.61 Å². The molecule has 0 heterocycles. The molecule has 4 nitrogen and oxygen atoms in total. The summed E-state index contributed by atoms with van der Waals surface area (Å²) in [4.78, 5) is 11.2. The van der Waals surface area contributed by atoms with Crippen molar-refractivity contribution in [2.75, 3.05) is 18.5 Å². The highest BCUT2D eigenvalue weighted by atomic mass is 16.5. The summed E-state index contributed by atoms with van der Waals surface area (Å²) in [6.45, 7) is 5.31. The largest absolute Gasteiger partial charge is 0.460 e. The van der Waals surface area contributed by atoms with E-state index < -0.39 is 12.1 Å². The Labute approximate surface area is 124 Å². The highest BCUT2D eigenvalue weighted by Crippen LogP contribution is 2.22. The average Bonchev–Trinajstić information content (AvgIpc) is 2.50. The van der Waals surface area contributed by atoms with Crippen molar-refractivity contribution in [3.05, 3.63) is 54.6 Å². The summed E-state index contributed by atoms with van der Waals surface area (Å²) in [5.41, 5.74) is 1.27. The molecule has 0 aliphatic rings. The Balaban J connectivity index is 1.92. The van der Waals surface area contributed by atoms with Crippen LogP contribution in [0.2, 0.25) is 0 Å². The number of ether oxygens (including phenoxy) is 1. The third-order valence-corrected chi connectivity index (χ3v) is 3.07. The van der Waals surface area contributed by atoms with E-state index in [1.165, 1.54) is 0 Å². The van der Waals surface area contributed by atoms with E-state index in [0.29, 0.717) is 12.1 Å². The third-order valence-electron chi connectivity index (χ3n) is 3.07. The Hall–Kier alpha value is -2.33. The summed E-state index contributed by atoms with van der Waals surface area (Å²) < 4.78 is 4.91. The van der Waals surface area contributed by atoms with Crippen LogP contribution in [0, 0.1) is 0 Å². The molecule has 1 atom stereocenters. The van der Waals surface area contributed by atoms with E-state index in [9.17, 15) is 9.90 Å². The van der Waals surface area contributed by atoms with Crippen LogP contribution in [0.1, 0.15) is 6.92 Å². The predicted octanol–water partition coefficient (Wildman–Crippen LogP) is 2.73. The van der Waals surface area contributed by atoms with Gasteiger partial charge in [-0.2, -0.15) is 0 Å². The zero-order valence-electron chi connectivity index (χ0n) is 12.0. The van der Waals surface area contributed by atoms with Gasteiger partial charge in [-0.3, -0.25) is 0 Å². The van der Waals surface area contributed by atoms with E-state index in [1.54, 1.807) is 6.92 Å². The van der Waals surface area contributed by atoms with Crippen molar-refractivity contribution in [2.24, 2.45) is 0 Å². The molecule has 110 valence electrons. The molecule has 2 rings (SSSR count). The molecule has 0 aliphatic carbocycles. The normalized spacial score (nSPS) is 11.9. The Morgan fingerprint density at radius 2 is 2.00 bits per heavy atom. The molecule has 1 unspecified atom stereocenters. The Morgan fingerprint density at radius 3 is 2.76 bits per heavy atom. The molecule has 0 saturated carbocycles. The van der Waals surface area contributed by atoms with Gasteiger partial charge in [0, 0.05) is 23.2 Å². The Morgan fingerprint density at radius 1 is 1.29 bits per heavy atom. The molecule has 0 aromatic heterocycles. The first-order chi connectivity index (χ1) is 10.1. The number of aliphatic hydroxyl groups excluding tert-OH is 1. The van der Waals surface area contributed by atoms with Crippen LogP contribution < -0.4 is 5.32 Å². The molecule has 0 spiro atoms. The molecule has 0 aliphatic heterocycles. The topological polar surface area (TPSA) is 58.6 Å². The smallest absolute Gasteiger partial charge is 0.333 e. The summed E-state index contributed by atoms with van der Waals surface area (Å²) in [6, 6.07) is 14.0. The number of hydrogen-bond acceptors (Lipinski definition) is 4. The van der Waals surface area contributed by atoms with Crippen molar-refractivity contribution in [3.8, 4) is 0 Å². The second-order valence-corrected chi connectivity index (χ2v) is 4.94. The van der Waals surface area contributed by atoms with Crippen LogP contribution in [0.25, 0.3) is 10.8 Å². The van der Waals surface area contributed by atoms with Crippen LogP contribution in [0.4, 0.5) is 5.69 Å². The van der Waals surface area contributed by atoms with Crippen LogP contribution >= 0.6 is 0 Å². The number of benzene rings is 2. The molecule has 4 heteroatoms. The van der Waals surface area contributed by atoms with Crippen LogP contribution in [0.5, 0.6) is 0 Å². The van der Waals surface area contributed by atoms with E-state index in [2.05, 4.69) is 11.9 Å². The van der Waals surface area contributed by atoms with E-state index >= 15 is 0 Å². The second kappa shape index (κ2) is 6.90. The van der Waals surface area contributed by atoms with Gasteiger partial charge in [-0.1, -0.05) is 43.0 Å². The lowest BCUT2D eigenvalue weighted by Crippen LogP contribution is -2.26. The number of nitrogens with one attached hydrogen (secondary N) is 1. The van der Waals surface area contributed by atoms with Crippen molar-refractivity contribution in [3.63, 3.8) is 0 Å². The first-order valence-electron chi connectivity index (χ1n) is 6.80. The molecule has 0 bridgehead atoms. The SMILES string of the molecule is C=C(C)C(=O)OCC(O)CNc1cccc2ccccc12. The molecular formula is C17H19NO3. The maximum Gasteiger partial charge on any atom is 0.333 e. The zero-order valence-corrected chi connectivity index (χ0v) is 12.0. The van der Waals surface area contributed by atoms with Gasteiger partial charge in [0.1, 0.15) is 12.7 Å². The van der Waals surface area contributed by atoms with Crippen molar-refractivity contribution < 1.29 is 14.6 Å². The number of rotatable bonds is 6. The number of carbonyl (C=O) groups is 1. The number of carbonyl (C=O) groups excluding carboxylic acids is 1. The first kappa shape index (κ1) is 15.1. The monoisotopic (exact) mass is 285 g/mol. The fourth-order valence-electron chi connectivity index (χ4n) is 1.96. The van der Waals surface area contributed by atoms with Gasteiger partial charge < -0.3 is 15.2 Å². The van der Waals surface area contributed by atoms with Gasteiger partial charge >= 0.3 is 5.97 Å². The fraction of sp³-hybridized carbons (Fsp3) is 0.235. The minimum atomic E-state index is -0.771. The Bertz CT molecular complexity index is 646. The van der Waals surface area contributed by atoms with Gasteiger partial charge in [0.15, 0.2) is 0 Å². The minimum Gasteiger partial charge on any atom is -0.460 e. The molecule has 2 N–H and O–H groups in total. The summed E-state index contributed by atoms with van der Waals surface area (Å²) in [6.07, 6.45) is -0.771. The molecular weight excluding hydrogens is 266 g/mol. The molecule has 0 saturated heterocycles. The standard InChI is InChI=1S/C17H19NO3/c1-12(2)17(20)21-11-14(19)10-18-16-9-5-7-13-6-3-4-8-15(13)16/h3-9,14,18-19H,1,10-11H2,2H3. The number of fused-ring (bicyclic) bond motifs is 1. The number of hydrogen-bond donors (Lipinski definition) is 2. The minimum absolute atomic E-state index is 0.0521. The highest BCUT2D eigenvalue weighted by Gasteiger charge is 2.09.